The largest absolute Gasteiger partial charge is 0.369 e. The fraction of sp³-hybridized carbons (Fsp3) is 0.522. The Balaban J connectivity index is 1.57. The van der Waals surface area contributed by atoms with E-state index < -0.39 is 0 Å². The summed E-state index contributed by atoms with van der Waals surface area (Å²) in [6, 6.07) is 8.53. The average Bonchev–Trinajstić information content (AvgIpc) is 3.24. The minimum Gasteiger partial charge on any atom is -0.369 e. The lowest BCUT2D eigenvalue weighted by molar-refractivity contribution is -0.123. The predicted molar refractivity (Wildman–Crippen MR) is 127 cm³/mol. The highest BCUT2D eigenvalue weighted by Crippen LogP contribution is 2.19. The number of hydrogen-bond donors (Lipinski definition) is 3. The van der Waals surface area contributed by atoms with Gasteiger partial charge in [-0.15, -0.1) is 11.3 Å². The Kier molecular flexibility index (Phi) is 8.85. The first kappa shape index (κ1) is 23.2. The van der Waals surface area contributed by atoms with Gasteiger partial charge in [-0.05, 0) is 43.9 Å². The lowest BCUT2D eigenvalue weighted by Crippen LogP contribution is -2.40. The van der Waals surface area contributed by atoms with Crippen LogP contribution in [0.15, 0.2) is 35.5 Å². The van der Waals surface area contributed by atoms with Crippen LogP contribution in [0.25, 0.3) is 0 Å². The first-order valence-electron chi connectivity index (χ1n) is 11.1. The van der Waals surface area contributed by atoms with E-state index in [4.69, 9.17) is 10.7 Å². The van der Waals surface area contributed by atoms with Gasteiger partial charge in [-0.25, -0.2) is 9.98 Å². The number of piperidine rings is 1. The maximum absolute atomic E-state index is 11.5. The zero-order valence-corrected chi connectivity index (χ0v) is 19.4. The van der Waals surface area contributed by atoms with Crippen LogP contribution in [0.1, 0.15) is 47.7 Å². The van der Waals surface area contributed by atoms with Gasteiger partial charge in [-0.2, -0.15) is 0 Å². The average molecular weight is 443 g/mol. The zero-order valence-electron chi connectivity index (χ0n) is 18.6. The first-order valence-corrected chi connectivity index (χ1v) is 11.9. The van der Waals surface area contributed by atoms with E-state index in [2.05, 4.69) is 58.6 Å². The molecule has 2 heterocycles. The number of likely N-dealkylation sites (tertiary alicyclic amines) is 1. The number of aliphatic imine (C=N–C) groups is 1. The van der Waals surface area contributed by atoms with Crippen LogP contribution in [0.2, 0.25) is 0 Å². The number of nitrogens with zero attached hydrogens (tertiary/aromatic N) is 3. The molecule has 4 N–H and O–H groups in total. The van der Waals surface area contributed by atoms with Crippen molar-refractivity contribution in [3.63, 3.8) is 0 Å². The number of nitrogens with one attached hydrogen (secondary N) is 2. The highest BCUT2D eigenvalue weighted by Gasteiger charge is 2.23. The monoisotopic (exact) mass is 442 g/mol. The zero-order chi connectivity index (χ0) is 22.1. The maximum atomic E-state index is 11.5. The number of rotatable bonds is 9. The van der Waals surface area contributed by atoms with Gasteiger partial charge in [-0.3, -0.25) is 9.69 Å². The molecule has 1 amide bonds. The molecule has 1 unspecified atom stereocenters. The molecule has 1 atom stereocenters. The van der Waals surface area contributed by atoms with Crippen molar-refractivity contribution in [3.8, 4) is 0 Å². The molecule has 3 rings (SSSR count). The molecule has 168 valence electrons. The predicted octanol–water partition coefficient (Wildman–Crippen LogP) is 2.66. The second-order valence-electron chi connectivity index (χ2n) is 7.92. The molecule has 2 aromatic rings. The lowest BCUT2D eigenvalue weighted by atomic mass is 9.97. The van der Waals surface area contributed by atoms with E-state index >= 15 is 0 Å². The van der Waals surface area contributed by atoms with Gasteiger partial charge in [0.25, 0.3) is 0 Å². The molecule has 0 bridgehead atoms. The molecule has 1 aliphatic heterocycles. The fourth-order valence-corrected chi connectivity index (χ4v) is 4.58. The molecule has 0 radical (unpaired) electrons. The lowest BCUT2D eigenvalue weighted by Gasteiger charge is -2.31. The minimum atomic E-state index is -0.181. The number of hydrogen-bond acceptors (Lipinski definition) is 5. The van der Waals surface area contributed by atoms with Gasteiger partial charge in [0, 0.05) is 30.7 Å². The van der Waals surface area contributed by atoms with E-state index in [1.54, 1.807) is 11.3 Å². The van der Waals surface area contributed by atoms with Crippen molar-refractivity contribution >= 4 is 23.2 Å². The molecule has 8 heteroatoms. The highest BCUT2D eigenvalue weighted by atomic mass is 32.1. The van der Waals surface area contributed by atoms with Crippen LogP contribution >= 0.6 is 11.3 Å². The standard InChI is InChI=1S/C23H34N6OS/c1-3-20-13-26-21(31-20)14-28-23(25-4-2)27-12-17-7-5-8-18(11-17)15-29-10-6-9-19(16-29)22(24)30/h5,7-8,11,13,19H,3-4,6,9-10,12,14-16H2,1-2H3,(H2,24,30)(H2,25,27,28). The summed E-state index contributed by atoms with van der Waals surface area (Å²) in [4.78, 5) is 24.4. The van der Waals surface area contributed by atoms with E-state index in [9.17, 15) is 4.79 Å². The molecule has 0 saturated carbocycles. The van der Waals surface area contributed by atoms with Crippen molar-refractivity contribution in [2.24, 2.45) is 16.6 Å². The van der Waals surface area contributed by atoms with Gasteiger partial charge in [0.1, 0.15) is 5.01 Å². The molecule has 1 aromatic carbocycles. The number of amides is 1. The SMILES string of the molecule is CCNC(=NCc1cccc(CN2CCCC(C(N)=O)C2)c1)NCc1ncc(CC)s1. The van der Waals surface area contributed by atoms with Gasteiger partial charge in [0.2, 0.25) is 5.91 Å². The van der Waals surface area contributed by atoms with Gasteiger partial charge >= 0.3 is 0 Å². The topological polar surface area (TPSA) is 95.6 Å². The van der Waals surface area contributed by atoms with E-state index in [-0.39, 0.29) is 11.8 Å². The minimum absolute atomic E-state index is 0.0264. The third-order valence-electron chi connectivity index (χ3n) is 5.43. The van der Waals surface area contributed by atoms with E-state index in [1.807, 2.05) is 6.20 Å². The Morgan fingerprint density at radius 2 is 2.16 bits per heavy atom. The van der Waals surface area contributed by atoms with Crippen LogP contribution in [0, 0.1) is 5.92 Å². The third kappa shape index (κ3) is 7.33. The summed E-state index contributed by atoms with van der Waals surface area (Å²) in [6.07, 6.45) is 4.89. The highest BCUT2D eigenvalue weighted by molar-refractivity contribution is 7.11. The summed E-state index contributed by atoms with van der Waals surface area (Å²) in [5.41, 5.74) is 7.92. The van der Waals surface area contributed by atoms with Crippen LogP contribution < -0.4 is 16.4 Å². The number of thiazole rings is 1. The molecule has 1 aliphatic rings. The van der Waals surface area contributed by atoms with Crippen molar-refractivity contribution in [2.45, 2.75) is 52.7 Å². The van der Waals surface area contributed by atoms with Crippen molar-refractivity contribution in [2.75, 3.05) is 19.6 Å². The van der Waals surface area contributed by atoms with E-state index in [0.717, 1.165) is 56.4 Å². The van der Waals surface area contributed by atoms with Crippen LogP contribution in [0.4, 0.5) is 0 Å². The Bertz CT molecular complexity index is 880. The molecular formula is C23H34N6OS. The first-order chi connectivity index (χ1) is 15.1. The Morgan fingerprint density at radius 1 is 1.32 bits per heavy atom. The van der Waals surface area contributed by atoms with E-state index in [0.29, 0.717) is 13.1 Å². The molecule has 31 heavy (non-hydrogen) atoms. The summed E-state index contributed by atoms with van der Waals surface area (Å²) in [7, 11) is 0. The van der Waals surface area contributed by atoms with Crippen molar-refractivity contribution < 1.29 is 4.79 Å². The summed E-state index contributed by atoms with van der Waals surface area (Å²) in [6.45, 7) is 8.89. The van der Waals surface area contributed by atoms with Crippen LogP contribution in [0.5, 0.6) is 0 Å². The summed E-state index contributed by atoms with van der Waals surface area (Å²) in [5, 5.41) is 7.75. The Morgan fingerprint density at radius 3 is 2.90 bits per heavy atom. The number of nitrogens with two attached hydrogens (primary N) is 1. The second kappa shape index (κ2) is 11.8. The normalized spacial score (nSPS) is 17.5. The van der Waals surface area contributed by atoms with Gasteiger partial charge in [0.05, 0.1) is 19.0 Å². The molecule has 7 nitrogen and oxygen atoms in total. The molecular weight excluding hydrogens is 408 g/mol. The Hall–Kier alpha value is -2.45. The Labute approximate surface area is 189 Å². The fourth-order valence-electron chi connectivity index (χ4n) is 3.78. The summed E-state index contributed by atoms with van der Waals surface area (Å²) < 4.78 is 0. The molecule has 1 aromatic heterocycles. The molecule has 0 aliphatic carbocycles. The van der Waals surface area contributed by atoms with Crippen molar-refractivity contribution in [3.05, 3.63) is 51.5 Å². The van der Waals surface area contributed by atoms with Crippen LogP contribution in [-0.2, 0) is 30.8 Å². The van der Waals surface area contributed by atoms with Crippen molar-refractivity contribution in [1.82, 2.24) is 20.5 Å². The number of carbonyl (C=O) groups is 1. The van der Waals surface area contributed by atoms with Gasteiger partial charge < -0.3 is 16.4 Å². The number of aryl methyl sites for hydroxylation is 1. The molecule has 0 spiro atoms. The van der Waals surface area contributed by atoms with E-state index in [1.165, 1.54) is 16.0 Å². The number of carbonyl (C=O) groups excluding carboxylic acids is 1. The summed E-state index contributed by atoms with van der Waals surface area (Å²) in [5.74, 6) is 0.586. The van der Waals surface area contributed by atoms with Gasteiger partial charge in [-0.1, -0.05) is 31.2 Å². The quantitative estimate of drug-likeness (QED) is 0.410. The maximum Gasteiger partial charge on any atom is 0.221 e. The number of aromatic nitrogens is 1. The number of guanidine groups is 1. The molecule has 1 fully saturated rings. The molecule has 1 saturated heterocycles. The van der Waals surface area contributed by atoms with Crippen molar-refractivity contribution in [1.29, 1.82) is 0 Å². The second-order valence-corrected chi connectivity index (χ2v) is 9.12. The number of benzene rings is 1. The third-order valence-corrected chi connectivity index (χ3v) is 6.57. The van der Waals surface area contributed by atoms with Crippen LogP contribution in [-0.4, -0.2) is 41.4 Å². The summed E-state index contributed by atoms with van der Waals surface area (Å²) >= 11 is 1.74. The smallest absolute Gasteiger partial charge is 0.221 e. The van der Waals surface area contributed by atoms with Gasteiger partial charge in [0.15, 0.2) is 5.96 Å². The number of primary amides is 1. The van der Waals surface area contributed by atoms with Crippen LogP contribution in [0.3, 0.4) is 0 Å².